The highest BCUT2D eigenvalue weighted by molar-refractivity contribution is 6.21. The summed E-state index contributed by atoms with van der Waals surface area (Å²) < 4.78 is 0. The monoisotopic (exact) mass is 379 g/mol. The van der Waals surface area contributed by atoms with Gasteiger partial charge in [-0.25, -0.2) is 4.98 Å². The van der Waals surface area contributed by atoms with E-state index in [1.807, 2.05) is 4.90 Å². The Morgan fingerprint density at radius 3 is 2.25 bits per heavy atom. The first-order chi connectivity index (χ1) is 13.6. The molecule has 0 bridgehead atoms. The molecule has 0 aliphatic carbocycles. The molecular formula is C20H21N5O3. The minimum Gasteiger partial charge on any atom is -0.352 e. The smallest absolute Gasteiger partial charge is 0.261 e. The number of amides is 3. The van der Waals surface area contributed by atoms with Crippen molar-refractivity contribution in [3.63, 3.8) is 0 Å². The molecule has 0 radical (unpaired) electrons. The number of aromatic nitrogens is 2. The molecule has 0 spiro atoms. The molecule has 0 atom stereocenters. The molecule has 3 heterocycles. The predicted molar refractivity (Wildman–Crippen MR) is 102 cm³/mol. The number of piperazine rings is 1. The largest absolute Gasteiger partial charge is 0.352 e. The van der Waals surface area contributed by atoms with Crippen LogP contribution in [0.15, 0.2) is 42.9 Å². The number of benzene rings is 1. The van der Waals surface area contributed by atoms with E-state index in [0.717, 1.165) is 5.82 Å². The number of nitrogens with zero attached hydrogens (tertiary/aromatic N) is 5. The second-order valence-electron chi connectivity index (χ2n) is 6.84. The van der Waals surface area contributed by atoms with E-state index in [0.29, 0.717) is 50.1 Å². The lowest BCUT2D eigenvalue weighted by Crippen LogP contribution is -2.49. The fourth-order valence-corrected chi connectivity index (χ4v) is 3.63. The average Bonchev–Trinajstić information content (AvgIpc) is 2.99. The van der Waals surface area contributed by atoms with Crippen molar-refractivity contribution in [3.05, 3.63) is 54.0 Å². The topological polar surface area (TPSA) is 86.7 Å². The Hall–Kier alpha value is -3.29. The summed E-state index contributed by atoms with van der Waals surface area (Å²) in [6.07, 6.45) is 5.80. The second-order valence-corrected chi connectivity index (χ2v) is 6.84. The van der Waals surface area contributed by atoms with Crippen molar-refractivity contribution in [2.75, 3.05) is 37.6 Å². The molecule has 0 unspecified atom stereocenters. The maximum Gasteiger partial charge on any atom is 0.261 e. The maximum atomic E-state index is 12.5. The maximum absolute atomic E-state index is 12.5. The van der Waals surface area contributed by atoms with Gasteiger partial charge in [0.1, 0.15) is 5.82 Å². The molecule has 3 amide bonds. The number of carbonyl (C=O) groups is 3. The molecule has 0 N–H and O–H groups in total. The van der Waals surface area contributed by atoms with E-state index in [-0.39, 0.29) is 24.3 Å². The van der Waals surface area contributed by atoms with Crippen LogP contribution in [0.5, 0.6) is 0 Å². The molecule has 1 saturated heterocycles. The van der Waals surface area contributed by atoms with Crippen molar-refractivity contribution < 1.29 is 14.4 Å². The number of hydrogen-bond donors (Lipinski definition) is 0. The minimum absolute atomic E-state index is 0.0513. The zero-order chi connectivity index (χ0) is 19.5. The van der Waals surface area contributed by atoms with Crippen LogP contribution >= 0.6 is 0 Å². The Labute approximate surface area is 162 Å². The standard InChI is InChI=1S/C20H21N5O3/c26-18(24-12-10-23(11-13-24)17-14-21-7-8-22-17)6-3-9-25-19(27)15-4-1-2-5-16(15)20(25)28/h1-2,4-5,7-8,14H,3,6,9-13H2. The van der Waals surface area contributed by atoms with Crippen molar-refractivity contribution in [1.82, 2.24) is 19.8 Å². The van der Waals surface area contributed by atoms with Crippen LogP contribution in [0, 0.1) is 0 Å². The first-order valence-corrected chi connectivity index (χ1v) is 9.39. The van der Waals surface area contributed by atoms with Crippen LogP contribution in [0.1, 0.15) is 33.6 Å². The van der Waals surface area contributed by atoms with Gasteiger partial charge >= 0.3 is 0 Å². The summed E-state index contributed by atoms with van der Waals surface area (Å²) in [5.74, 6) is 0.326. The van der Waals surface area contributed by atoms with E-state index >= 15 is 0 Å². The molecule has 4 rings (SSSR count). The number of imide groups is 1. The van der Waals surface area contributed by atoms with E-state index in [1.165, 1.54) is 4.90 Å². The molecule has 1 aromatic carbocycles. The predicted octanol–water partition coefficient (Wildman–Crippen LogP) is 1.20. The zero-order valence-electron chi connectivity index (χ0n) is 15.5. The van der Waals surface area contributed by atoms with E-state index in [4.69, 9.17) is 0 Å². The van der Waals surface area contributed by atoms with E-state index in [1.54, 1.807) is 42.9 Å². The van der Waals surface area contributed by atoms with Crippen LogP contribution < -0.4 is 4.90 Å². The van der Waals surface area contributed by atoms with Gasteiger partial charge in [0.05, 0.1) is 17.3 Å². The van der Waals surface area contributed by atoms with Gasteiger partial charge in [-0.2, -0.15) is 0 Å². The molecule has 2 aliphatic rings. The molecule has 1 fully saturated rings. The van der Waals surface area contributed by atoms with Crippen LogP contribution in [-0.2, 0) is 4.79 Å². The van der Waals surface area contributed by atoms with Crippen LogP contribution in [0.3, 0.4) is 0 Å². The third-order valence-corrected chi connectivity index (χ3v) is 5.16. The molecule has 8 heteroatoms. The van der Waals surface area contributed by atoms with E-state index < -0.39 is 0 Å². The molecule has 0 saturated carbocycles. The van der Waals surface area contributed by atoms with E-state index in [9.17, 15) is 14.4 Å². The number of fused-ring (bicyclic) bond motifs is 1. The Bertz CT molecular complexity index is 859. The SMILES string of the molecule is O=C(CCCN1C(=O)c2ccccc2C1=O)N1CCN(c2cnccn2)CC1. The summed E-state index contributed by atoms with van der Waals surface area (Å²) in [5, 5.41) is 0. The van der Waals surface area contributed by atoms with Crippen LogP contribution in [0.4, 0.5) is 5.82 Å². The molecule has 2 aliphatic heterocycles. The van der Waals surface area contributed by atoms with Gasteiger partial charge in [-0.05, 0) is 18.6 Å². The summed E-state index contributed by atoms with van der Waals surface area (Å²) in [6.45, 7) is 2.94. The lowest BCUT2D eigenvalue weighted by Gasteiger charge is -2.35. The van der Waals surface area contributed by atoms with Crippen LogP contribution in [0.2, 0.25) is 0 Å². The molecule has 144 valence electrons. The zero-order valence-corrected chi connectivity index (χ0v) is 15.5. The lowest BCUT2D eigenvalue weighted by molar-refractivity contribution is -0.131. The fraction of sp³-hybridized carbons (Fsp3) is 0.350. The Morgan fingerprint density at radius 2 is 1.64 bits per heavy atom. The Balaban J connectivity index is 1.25. The summed E-state index contributed by atoms with van der Waals surface area (Å²) in [6, 6.07) is 6.82. The summed E-state index contributed by atoms with van der Waals surface area (Å²) >= 11 is 0. The van der Waals surface area contributed by atoms with Crippen molar-refractivity contribution in [1.29, 1.82) is 0 Å². The summed E-state index contributed by atoms with van der Waals surface area (Å²) in [7, 11) is 0. The van der Waals surface area contributed by atoms with Gasteiger partial charge in [0.2, 0.25) is 5.91 Å². The molecule has 8 nitrogen and oxygen atoms in total. The van der Waals surface area contributed by atoms with Gasteiger partial charge in [0.25, 0.3) is 11.8 Å². The molecular weight excluding hydrogens is 358 g/mol. The highest BCUT2D eigenvalue weighted by atomic mass is 16.2. The van der Waals surface area contributed by atoms with Gasteiger partial charge in [0.15, 0.2) is 0 Å². The summed E-state index contributed by atoms with van der Waals surface area (Å²) in [4.78, 5) is 50.7. The number of anilines is 1. The Morgan fingerprint density at radius 1 is 0.964 bits per heavy atom. The number of carbonyl (C=O) groups excluding carboxylic acids is 3. The van der Waals surface area contributed by atoms with Gasteiger partial charge in [0, 0.05) is 51.5 Å². The lowest BCUT2D eigenvalue weighted by atomic mass is 10.1. The quantitative estimate of drug-likeness (QED) is 0.726. The molecule has 1 aromatic heterocycles. The van der Waals surface area contributed by atoms with Crippen LogP contribution in [0.25, 0.3) is 0 Å². The van der Waals surface area contributed by atoms with Crippen molar-refractivity contribution in [2.45, 2.75) is 12.8 Å². The number of rotatable bonds is 5. The first kappa shape index (κ1) is 18.1. The third kappa shape index (κ3) is 3.45. The van der Waals surface area contributed by atoms with Gasteiger partial charge in [-0.1, -0.05) is 12.1 Å². The van der Waals surface area contributed by atoms with Gasteiger partial charge < -0.3 is 9.80 Å². The average molecular weight is 379 g/mol. The summed E-state index contributed by atoms with van der Waals surface area (Å²) in [5.41, 5.74) is 0.887. The van der Waals surface area contributed by atoms with Gasteiger partial charge in [-0.3, -0.25) is 24.3 Å². The fourth-order valence-electron chi connectivity index (χ4n) is 3.63. The first-order valence-electron chi connectivity index (χ1n) is 9.39. The molecule has 2 aromatic rings. The minimum atomic E-state index is -0.273. The number of hydrogen-bond acceptors (Lipinski definition) is 6. The third-order valence-electron chi connectivity index (χ3n) is 5.16. The Kier molecular flexibility index (Phi) is 5.01. The molecule has 28 heavy (non-hydrogen) atoms. The van der Waals surface area contributed by atoms with E-state index in [2.05, 4.69) is 14.9 Å². The van der Waals surface area contributed by atoms with Crippen molar-refractivity contribution in [2.24, 2.45) is 0 Å². The van der Waals surface area contributed by atoms with Gasteiger partial charge in [-0.15, -0.1) is 0 Å². The van der Waals surface area contributed by atoms with Crippen LogP contribution in [-0.4, -0.2) is 70.2 Å². The van der Waals surface area contributed by atoms with Crippen molar-refractivity contribution in [3.8, 4) is 0 Å². The highest BCUT2D eigenvalue weighted by Crippen LogP contribution is 2.22. The normalized spacial score (nSPS) is 16.5. The highest BCUT2D eigenvalue weighted by Gasteiger charge is 2.34. The van der Waals surface area contributed by atoms with Crippen molar-refractivity contribution >= 4 is 23.5 Å². The second kappa shape index (κ2) is 7.75.